The molecule has 0 radical (unpaired) electrons. The normalized spacial score (nSPS) is 14.8. The van der Waals surface area contributed by atoms with Crippen molar-refractivity contribution in [3.05, 3.63) is 35.0 Å². The summed E-state index contributed by atoms with van der Waals surface area (Å²) in [4.78, 5) is 7.39. The lowest BCUT2D eigenvalue weighted by molar-refractivity contribution is -0.274. The second-order valence-corrected chi connectivity index (χ2v) is 6.10. The van der Waals surface area contributed by atoms with Gasteiger partial charge in [0.25, 0.3) is 0 Å². The first-order chi connectivity index (χ1) is 12.5. The minimum atomic E-state index is -4.92. The molecule has 0 amide bonds. The minimum absolute atomic E-state index is 0.0228. The smallest absolute Gasteiger partial charge is 0.404 e. The van der Waals surface area contributed by atoms with Crippen LogP contribution in [0.1, 0.15) is 18.5 Å². The van der Waals surface area contributed by atoms with Gasteiger partial charge in [0.05, 0.1) is 5.02 Å². The largest absolute Gasteiger partial charge is 0.573 e. The third-order valence-corrected chi connectivity index (χ3v) is 3.65. The van der Waals surface area contributed by atoms with Crippen LogP contribution in [-0.2, 0) is 6.18 Å². The molecule has 27 heavy (non-hydrogen) atoms. The number of ether oxygens (including phenoxy) is 1. The molecule has 3 rings (SSSR count). The molecular weight excluding hydrogens is 402 g/mol. The lowest BCUT2D eigenvalue weighted by atomic mass is 10.3. The van der Waals surface area contributed by atoms with Crippen molar-refractivity contribution in [3.8, 4) is 5.75 Å². The number of aromatic nitrogens is 2. The zero-order valence-electron chi connectivity index (χ0n) is 13.2. The van der Waals surface area contributed by atoms with Crippen LogP contribution in [0.4, 0.5) is 43.8 Å². The second-order valence-electron chi connectivity index (χ2n) is 5.70. The van der Waals surface area contributed by atoms with Crippen molar-refractivity contribution in [2.45, 2.75) is 31.4 Å². The first kappa shape index (κ1) is 19.3. The van der Waals surface area contributed by atoms with E-state index in [-0.39, 0.29) is 28.5 Å². The average molecular weight is 413 g/mol. The van der Waals surface area contributed by atoms with Gasteiger partial charge >= 0.3 is 12.5 Å². The number of nitrogens with zero attached hydrogens (tertiary/aromatic N) is 2. The summed E-state index contributed by atoms with van der Waals surface area (Å²) < 4.78 is 79.6. The highest BCUT2D eigenvalue weighted by atomic mass is 35.5. The van der Waals surface area contributed by atoms with Crippen LogP contribution < -0.4 is 15.4 Å². The predicted octanol–water partition coefficient (Wildman–Crippen LogP) is 5.37. The van der Waals surface area contributed by atoms with Crippen LogP contribution in [0.2, 0.25) is 5.02 Å². The predicted molar refractivity (Wildman–Crippen MR) is 85.1 cm³/mol. The maximum Gasteiger partial charge on any atom is 0.573 e. The van der Waals surface area contributed by atoms with Gasteiger partial charge in [-0.15, -0.1) is 13.2 Å². The highest BCUT2D eigenvalue weighted by Gasteiger charge is 2.35. The molecule has 0 saturated heterocycles. The number of rotatable bonds is 5. The zero-order chi connectivity index (χ0) is 19.8. The number of halogens is 7. The van der Waals surface area contributed by atoms with E-state index < -0.39 is 24.0 Å². The average Bonchev–Trinajstić information content (AvgIpc) is 3.32. The molecule has 1 saturated carbocycles. The Morgan fingerprint density at radius 2 is 1.74 bits per heavy atom. The lowest BCUT2D eigenvalue weighted by Crippen LogP contribution is -2.17. The number of anilines is 3. The summed E-state index contributed by atoms with van der Waals surface area (Å²) in [5, 5.41) is 4.96. The van der Waals surface area contributed by atoms with Crippen molar-refractivity contribution >= 4 is 29.1 Å². The Balaban J connectivity index is 1.84. The van der Waals surface area contributed by atoms with E-state index >= 15 is 0 Å². The zero-order valence-corrected chi connectivity index (χ0v) is 14.0. The summed E-state index contributed by atoms with van der Waals surface area (Å²) in [6.07, 6.45) is -8.01. The summed E-state index contributed by atoms with van der Waals surface area (Å²) >= 11 is 5.72. The molecule has 2 aromatic rings. The quantitative estimate of drug-likeness (QED) is 0.647. The SMILES string of the molecule is FC(F)(F)Oc1ccc(Nc2cc(C(F)(F)F)nc(NC3CC3)n2)cc1Cl. The Labute approximate surface area is 153 Å². The van der Waals surface area contributed by atoms with E-state index in [1.165, 1.54) is 0 Å². The van der Waals surface area contributed by atoms with Gasteiger partial charge < -0.3 is 15.4 Å². The maximum atomic E-state index is 13.0. The summed E-state index contributed by atoms with van der Waals surface area (Å²) in [5.41, 5.74) is -1.04. The molecule has 0 aliphatic heterocycles. The Morgan fingerprint density at radius 3 is 2.30 bits per heavy atom. The number of alkyl halides is 6. The molecule has 0 spiro atoms. The van der Waals surface area contributed by atoms with E-state index in [9.17, 15) is 26.3 Å². The van der Waals surface area contributed by atoms with Gasteiger partial charge in [-0.1, -0.05) is 11.6 Å². The minimum Gasteiger partial charge on any atom is -0.404 e. The van der Waals surface area contributed by atoms with Crippen LogP contribution in [0.5, 0.6) is 5.75 Å². The molecule has 0 unspecified atom stereocenters. The molecule has 5 nitrogen and oxygen atoms in total. The first-order valence-electron chi connectivity index (χ1n) is 7.55. The third kappa shape index (κ3) is 5.52. The standard InChI is InChI=1S/C15H11ClF6N4O/c16-9-5-8(3-4-10(9)27-15(20,21)22)23-12-6-11(14(17,18)19)25-13(26-12)24-7-1-2-7/h3-7H,1-2H2,(H2,23,24,25,26). The number of hydrogen-bond donors (Lipinski definition) is 2. The van der Waals surface area contributed by atoms with Crippen LogP contribution in [0.15, 0.2) is 24.3 Å². The molecule has 0 bridgehead atoms. The fourth-order valence-electron chi connectivity index (χ4n) is 2.07. The Hall–Kier alpha value is -2.43. The summed E-state index contributed by atoms with van der Waals surface area (Å²) in [6.45, 7) is 0. The van der Waals surface area contributed by atoms with Crippen LogP contribution in [-0.4, -0.2) is 22.4 Å². The highest BCUT2D eigenvalue weighted by molar-refractivity contribution is 6.32. The lowest BCUT2D eigenvalue weighted by Gasteiger charge is -2.14. The fraction of sp³-hybridized carbons (Fsp3) is 0.333. The number of hydrogen-bond acceptors (Lipinski definition) is 5. The third-order valence-electron chi connectivity index (χ3n) is 3.36. The molecule has 1 aliphatic carbocycles. The van der Waals surface area contributed by atoms with E-state index in [2.05, 4.69) is 25.3 Å². The van der Waals surface area contributed by atoms with Gasteiger partial charge in [0.15, 0.2) is 5.69 Å². The molecule has 2 N–H and O–H groups in total. The van der Waals surface area contributed by atoms with Crippen LogP contribution >= 0.6 is 11.6 Å². The van der Waals surface area contributed by atoms with E-state index in [1.54, 1.807) is 0 Å². The van der Waals surface area contributed by atoms with Gasteiger partial charge in [0.1, 0.15) is 11.6 Å². The summed E-state index contributed by atoms with van der Waals surface area (Å²) in [7, 11) is 0. The highest BCUT2D eigenvalue weighted by Crippen LogP contribution is 2.34. The van der Waals surface area contributed by atoms with E-state index in [0.717, 1.165) is 31.0 Å². The van der Waals surface area contributed by atoms with Crippen molar-refractivity contribution in [2.24, 2.45) is 0 Å². The van der Waals surface area contributed by atoms with Gasteiger partial charge in [-0.2, -0.15) is 18.2 Å². The Morgan fingerprint density at radius 1 is 1.04 bits per heavy atom. The number of benzene rings is 1. The Bertz CT molecular complexity index is 838. The topological polar surface area (TPSA) is 59.1 Å². The summed E-state index contributed by atoms with van der Waals surface area (Å²) in [5.74, 6) is -1.02. The molecule has 1 fully saturated rings. The van der Waals surface area contributed by atoms with Crippen LogP contribution in [0, 0.1) is 0 Å². The molecule has 1 heterocycles. The van der Waals surface area contributed by atoms with Gasteiger partial charge in [0, 0.05) is 17.8 Å². The first-order valence-corrected chi connectivity index (χ1v) is 7.92. The van der Waals surface area contributed by atoms with Crippen molar-refractivity contribution in [1.29, 1.82) is 0 Å². The molecule has 146 valence electrons. The van der Waals surface area contributed by atoms with Gasteiger partial charge in [-0.25, -0.2) is 4.98 Å². The molecule has 1 aromatic heterocycles. The second kappa shape index (κ2) is 6.95. The van der Waals surface area contributed by atoms with Gasteiger partial charge in [-0.3, -0.25) is 0 Å². The van der Waals surface area contributed by atoms with Crippen LogP contribution in [0.25, 0.3) is 0 Å². The molecule has 0 atom stereocenters. The maximum absolute atomic E-state index is 13.0. The van der Waals surface area contributed by atoms with Crippen LogP contribution in [0.3, 0.4) is 0 Å². The molecule has 12 heteroatoms. The molecule has 1 aromatic carbocycles. The van der Waals surface area contributed by atoms with Gasteiger partial charge in [-0.05, 0) is 31.0 Å². The Kier molecular flexibility index (Phi) is 4.98. The molecule has 1 aliphatic rings. The van der Waals surface area contributed by atoms with E-state index in [4.69, 9.17) is 11.6 Å². The number of nitrogens with one attached hydrogen (secondary N) is 2. The monoisotopic (exact) mass is 412 g/mol. The van der Waals surface area contributed by atoms with Crippen molar-refractivity contribution in [2.75, 3.05) is 10.6 Å². The van der Waals surface area contributed by atoms with Gasteiger partial charge in [0.2, 0.25) is 5.95 Å². The van der Waals surface area contributed by atoms with E-state index in [1.807, 2.05) is 0 Å². The van der Waals surface area contributed by atoms with Crippen molar-refractivity contribution < 1.29 is 31.1 Å². The van der Waals surface area contributed by atoms with Crippen molar-refractivity contribution in [3.63, 3.8) is 0 Å². The molecular formula is C15H11ClF6N4O. The summed E-state index contributed by atoms with van der Waals surface area (Å²) in [6, 6.07) is 3.89. The fourth-order valence-corrected chi connectivity index (χ4v) is 2.28. The van der Waals surface area contributed by atoms with Crippen molar-refractivity contribution in [1.82, 2.24) is 9.97 Å². The van der Waals surface area contributed by atoms with E-state index in [0.29, 0.717) is 6.07 Å².